The van der Waals surface area contributed by atoms with Crippen molar-refractivity contribution in [2.45, 2.75) is 12.8 Å². The van der Waals surface area contributed by atoms with Crippen molar-refractivity contribution in [2.24, 2.45) is 0 Å². The number of hydrogen-bond acceptors (Lipinski definition) is 3. The maximum Gasteiger partial charge on any atom is 0.143 e. The highest BCUT2D eigenvalue weighted by Gasteiger charge is 2.18. The van der Waals surface area contributed by atoms with Gasteiger partial charge in [0.05, 0.1) is 17.8 Å². The first-order valence-corrected chi connectivity index (χ1v) is 6.60. The average Bonchev–Trinajstić information content (AvgIpc) is 2.47. The largest absolute Gasteiger partial charge is 0.495 e. The number of fused-ring (bicyclic) bond motifs is 1. The number of rotatable bonds is 2. The molecule has 2 heterocycles. The van der Waals surface area contributed by atoms with Crippen LogP contribution in [0.2, 0.25) is 0 Å². The van der Waals surface area contributed by atoms with Crippen molar-refractivity contribution in [1.82, 2.24) is 4.98 Å². The Morgan fingerprint density at radius 2 is 2.16 bits per heavy atom. The maximum absolute atomic E-state index is 5.48. The summed E-state index contributed by atoms with van der Waals surface area (Å²) in [6, 6.07) is 8.20. The minimum Gasteiger partial charge on any atom is -0.495 e. The van der Waals surface area contributed by atoms with E-state index in [4.69, 9.17) is 17.0 Å². The molecule has 0 aliphatic carbocycles. The van der Waals surface area contributed by atoms with E-state index in [1.165, 1.54) is 5.56 Å². The fraction of sp³-hybridized carbons (Fsp3) is 0.200. The molecule has 1 aromatic heterocycles. The number of nitrogens with zero attached hydrogens (tertiary/aromatic N) is 1. The minimum atomic E-state index is 0.832. The summed E-state index contributed by atoms with van der Waals surface area (Å²) >= 11 is 5.24. The summed E-state index contributed by atoms with van der Waals surface area (Å²) in [5, 5.41) is 3.25. The van der Waals surface area contributed by atoms with E-state index in [0.717, 1.165) is 40.4 Å². The zero-order valence-corrected chi connectivity index (χ0v) is 11.5. The molecule has 1 aromatic carbocycles. The van der Waals surface area contributed by atoms with E-state index in [1.807, 2.05) is 18.3 Å². The Balaban J connectivity index is 2.12. The van der Waals surface area contributed by atoms with Crippen LogP contribution in [0.5, 0.6) is 5.75 Å². The molecule has 2 aromatic rings. The summed E-state index contributed by atoms with van der Waals surface area (Å²) in [6.07, 6.45) is 5.48. The van der Waals surface area contributed by atoms with Gasteiger partial charge in [-0.1, -0.05) is 18.3 Å². The molecule has 0 atom stereocenters. The van der Waals surface area contributed by atoms with Crippen LogP contribution in [0.25, 0.3) is 11.1 Å². The molecule has 0 spiro atoms. The third-order valence-electron chi connectivity index (χ3n) is 3.28. The molecular formula is C15H14N2OS. The molecular weight excluding hydrogens is 256 g/mol. The number of thiocarbonyl (C=S) groups is 1. The lowest BCUT2D eigenvalue weighted by molar-refractivity contribution is 0.416. The van der Waals surface area contributed by atoms with Gasteiger partial charge in [0.2, 0.25) is 0 Å². The van der Waals surface area contributed by atoms with E-state index in [0.29, 0.717) is 0 Å². The van der Waals surface area contributed by atoms with Crippen LogP contribution < -0.4 is 10.1 Å². The lowest BCUT2D eigenvalue weighted by Crippen LogP contribution is -2.18. The van der Waals surface area contributed by atoms with Crippen LogP contribution in [0.4, 0.5) is 5.69 Å². The smallest absolute Gasteiger partial charge is 0.143 e. The Morgan fingerprint density at radius 1 is 1.26 bits per heavy atom. The highest BCUT2D eigenvalue weighted by molar-refractivity contribution is 7.80. The van der Waals surface area contributed by atoms with Crippen molar-refractivity contribution in [3.63, 3.8) is 0 Å². The first kappa shape index (κ1) is 12.1. The van der Waals surface area contributed by atoms with Gasteiger partial charge < -0.3 is 10.1 Å². The molecule has 1 aliphatic heterocycles. The first-order valence-electron chi connectivity index (χ1n) is 6.19. The molecule has 1 aliphatic rings. The normalized spacial score (nSPS) is 13.6. The highest BCUT2D eigenvalue weighted by Crippen LogP contribution is 2.37. The summed E-state index contributed by atoms with van der Waals surface area (Å²) in [6.45, 7) is 0. The zero-order valence-electron chi connectivity index (χ0n) is 10.6. The standard InChI is InChI=1S/C15H14N2OS/c1-18-13-8-12(11-3-2-6-16-9-11)7-10-4-5-14(19)17-15(10)13/h2-3,6-9H,4-5H2,1H3,(H,17,19). The minimum absolute atomic E-state index is 0.832. The van der Waals surface area contributed by atoms with Crippen LogP contribution in [0.1, 0.15) is 12.0 Å². The quantitative estimate of drug-likeness (QED) is 0.848. The molecule has 4 heteroatoms. The number of methoxy groups -OCH3 is 1. The van der Waals surface area contributed by atoms with Gasteiger partial charge in [0, 0.05) is 24.4 Å². The van der Waals surface area contributed by atoms with Gasteiger partial charge in [0.1, 0.15) is 5.75 Å². The van der Waals surface area contributed by atoms with Crippen molar-refractivity contribution in [1.29, 1.82) is 0 Å². The monoisotopic (exact) mass is 270 g/mol. The van der Waals surface area contributed by atoms with Crippen molar-refractivity contribution < 1.29 is 4.74 Å². The summed E-state index contributed by atoms with van der Waals surface area (Å²) in [5.74, 6) is 0.832. The Morgan fingerprint density at radius 3 is 2.89 bits per heavy atom. The number of hydrogen-bond donors (Lipinski definition) is 1. The second kappa shape index (κ2) is 4.97. The first-order chi connectivity index (χ1) is 9.28. The van der Waals surface area contributed by atoms with Crippen molar-refractivity contribution in [3.05, 3.63) is 42.2 Å². The number of anilines is 1. The van der Waals surface area contributed by atoms with E-state index in [2.05, 4.69) is 22.4 Å². The average molecular weight is 270 g/mol. The van der Waals surface area contributed by atoms with Gasteiger partial charge in [-0.25, -0.2) is 0 Å². The van der Waals surface area contributed by atoms with Crippen molar-refractivity contribution in [3.8, 4) is 16.9 Å². The van der Waals surface area contributed by atoms with Crippen LogP contribution in [0.3, 0.4) is 0 Å². The summed E-state index contributed by atoms with van der Waals surface area (Å²) in [4.78, 5) is 5.04. The third kappa shape index (κ3) is 2.31. The fourth-order valence-electron chi connectivity index (χ4n) is 2.32. The summed E-state index contributed by atoms with van der Waals surface area (Å²) in [5.41, 5.74) is 4.47. The van der Waals surface area contributed by atoms with E-state index >= 15 is 0 Å². The lowest BCUT2D eigenvalue weighted by Gasteiger charge is -2.22. The van der Waals surface area contributed by atoms with Crippen LogP contribution in [-0.2, 0) is 6.42 Å². The van der Waals surface area contributed by atoms with Crippen molar-refractivity contribution >= 4 is 22.9 Å². The number of ether oxygens (including phenoxy) is 1. The summed E-state index contributed by atoms with van der Waals surface area (Å²) in [7, 11) is 1.68. The molecule has 0 fully saturated rings. The van der Waals surface area contributed by atoms with E-state index in [1.54, 1.807) is 13.3 Å². The number of benzene rings is 1. The van der Waals surface area contributed by atoms with Gasteiger partial charge in [0.25, 0.3) is 0 Å². The van der Waals surface area contributed by atoms with E-state index in [9.17, 15) is 0 Å². The molecule has 96 valence electrons. The molecule has 0 unspecified atom stereocenters. The van der Waals surface area contributed by atoms with Gasteiger partial charge in [-0.05, 0) is 35.7 Å². The van der Waals surface area contributed by atoms with E-state index < -0.39 is 0 Å². The molecule has 19 heavy (non-hydrogen) atoms. The molecule has 1 N–H and O–H groups in total. The molecule has 3 rings (SSSR count). The predicted molar refractivity (Wildman–Crippen MR) is 80.8 cm³/mol. The van der Waals surface area contributed by atoms with Gasteiger partial charge in [-0.2, -0.15) is 0 Å². The third-order valence-corrected chi connectivity index (χ3v) is 3.59. The number of pyridine rings is 1. The maximum atomic E-state index is 5.48. The van der Waals surface area contributed by atoms with Gasteiger partial charge in [-0.3, -0.25) is 4.98 Å². The second-order valence-electron chi connectivity index (χ2n) is 4.50. The molecule has 0 radical (unpaired) electrons. The molecule has 0 bridgehead atoms. The number of nitrogens with one attached hydrogen (secondary N) is 1. The Kier molecular flexibility index (Phi) is 3.17. The van der Waals surface area contributed by atoms with Crippen LogP contribution in [0, 0.1) is 0 Å². The zero-order chi connectivity index (χ0) is 13.2. The number of aromatic nitrogens is 1. The molecule has 0 amide bonds. The molecule has 0 saturated heterocycles. The number of aryl methyl sites for hydroxylation is 1. The van der Waals surface area contributed by atoms with E-state index in [-0.39, 0.29) is 0 Å². The topological polar surface area (TPSA) is 34.1 Å². The predicted octanol–water partition coefficient (Wildman–Crippen LogP) is 3.44. The van der Waals surface area contributed by atoms with Gasteiger partial charge in [0.15, 0.2) is 0 Å². The Hall–Kier alpha value is -1.94. The molecule has 3 nitrogen and oxygen atoms in total. The van der Waals surface area contributed by atoms with Crippen LogP contribution in [0.15, 0.2) is 36.7 Å². The molecule has 0 saturated carbocycles. The lowest BCUT2D eigenvalue weighted by atomic mass is 9.97. The highest BCUT2D eigenvalue weighted by atomic mass is 32.1. The van der Waals surface area contributed by atoms with Crippen molar-refractivity contribution in [2.75, 3.05) is 12.4 Å². The SMILES string of the molecule is COc1cc(-c2cccnc2)cc2c1NC(=S)CC2. The van der Waals surface area contributed by atoms with Crippen LogP contribution in [-0.4, -0.2) is 17.1 Å². The Labute approximate surface area is 117 Å². The fourth-order valence-corrected chi connectivity index (χ4v) is 2.53. The van der Waals surface area contributed by atoms with Crippen LogP contribution >= 0.6 is 12.2 Å². The second-order valence-corrected chi connectivity index (χ2v) is 5.00. The summed E-state index contributed by atoms with van der Waals surface area (Å²) < 4.78 is 5.48. The van der Waals surface area contributed by atoms with Gasteiger partial charge >= 0.3 is 0 Å². The van der Waals surface area contributed by atoms with Gasteiger partial charge in [-0.15, -0.1) is 0 Å². The Bertz CT molecular complexity index is 608.